The van der Waals surface area contributed by atoms with Crippen molar-refractivity contribution in [1.29, 1.82) is 0 Å². The molecule has 0 bridgehead atoms. The first-order chi connectivity index (χ1) is 11.8. The van der Waals surface area contributed by atoms with Crippen molar-refractivity contribution < 1.29 is 13.2 Å². The zero-order valence-corrected chi connectivity index (χ0v) is 14.9. The van der Waals surface area contributed by atoms with Gasteiger partial charge in [0.15, 0.2) is 4.80 Å². The summed E-state index contributed by atoms with van der Waals surface area (Å²) in [7, 11) is -2.15. The molecule has 3 rings (SSSR count). The van der Waals surface area contributed by atoms with Gasteiger partial charge in [-0.15, -0.1) is 6.58 Å². The van der Waals surface area contributed by atoms with Crippen molar-refractivity contribution in [2.24, 2.45) is 17.2 Å². The summed E-state index contributed by atoms with van der Waals surface area (Å²) in [6, 6.07) is 6.12. The van der Waals surface area contributed by atoms with Crippen LogP contribution in [0.3, 0.4) is 0 Å². The number of amides is 1. The molecule has 0 aliphatic rings. The Morgan fingerprint density at radius 1 is 1.44 bits per heavy atom. The van der Waals surface area contributed by atoms with Gasteiger partial charge < -0.3 is 4.57 Å². The van der Waals surface area contributed by atoms with Crippen molar-refractivity contribution in [3.05, 3.63) is 53.6 Å². The smallest absolute Gasteiger partial charge is 0.297 e. The topological polar surface area (TPSA) is 112 Å². The number of fused-ring (bicyclic) bond motifs is 1. The highest BCUT2D eigenvalue weighted by Gasteiger charge is 2.14. The molecule has 0 saturated heterocycles. The third-order valence-corrected chi connectivity index (χ3v) is 5.48. The second kappa shape index (κ2) is 6.39. The Balaban J connectivity index is 2.21. The number of carbonyl (C=O) groups is 1. The highest BCUT2D eigenvalue weighted by molar-refractivity contribution is 7.89. The molecule has 0 unspecified atom stereocenters. The molecule has 1 amide bonds. The van der Waals surface area contributed by atoms with Crippen LogP contribution < -0.4 is 9.94 Å². The maximum atomic E-state index is 12.4. The van der Waals surface area contributed by atoms with Gasteiger partial charge in [-0.2, -0.15) is 10.1 Å². The lowest BCUT2D eigenvalue weighted by molar-refractivity contribution is 0.0989. The Morgan fingerprint density at radius 2 is 2.20 bits per heavy atom. The second-order valence-corrected chi connectivity index (χ2v) is 7.79. The average molecular weight is 377 g/mol. The van der Waals surface area contributed by atoms with Crippen LogP contribution in [-0.4, -0.2) is 28.7 Å². The molecule has 8 nitrogen and oxygen atoms in total. The van der Waals surface area contributed by atoms with Crippen LogP contribution in [0.25, 0.3) is 10.2 Å². The van der Waals surface area contributed by atoms with E-state index < -0.39 is 15.9 Å². The molecule has 3 aromatic rings. The van der Waals surface area contributed by atoms with Crippen LogP contribution in [0.1, 0.15) is 10.5 Å². The fourth-order valence-electron chi connectivity index (χ4n) is 2.35. The molecular weight excluding hydrogens is 362 g/mol. The lowest BCUT2D eigenvalue weighted by Crippen LogP contribution is -2.17. The number of aryl methyl sites for hydroxylation is 1. The Hall–Kier alpha value is -2.56. The molecule has 2 N–H and O–H groups in total. The molecule has 25 heavy (non-hydrogen) atoms. The molecule has 2 heterocycles. The van der Waals surface area contributed by atoms with Crippen molar-refractivity contribution >= 4 is 37.5 Å². The number of hydrogen-bond donors (Lipinski definition) is 1. The highest BCUT2D eigenvalue weighted by atomic mass is 32.2. The molecule has 0 saturated carbocycles. The summed E-state index contributed by atoms with van der Waals surface area (Å²) in [4.78, 5) is 17.0. The van der Waals surface area contributed by atoms with Gasteiger partial charge in [-0.05, 0) is 24.3 Å². The van der Waals surface area contributed by atoms with Gasteiger partial charge in [-0.1, -0.05) is 17.4 Å². The summed E-state index contributed by atoms with van der Waals surface area (Å²) in [5, 5.41) is 9.13. The molecule has 2 aromatic heterocycles. The molecule has 10 heteroatoms. The van der Waals surface area contributed by atoms with Crippen LogP contribution in [0.15, 0.2) is 53.0 Å². The van der Waals surface area contributed by atoms with E-state index in [2.05, 4.69) is 16.7 Å². The summed E-state index contributed by atoms with van der Waals surface area (Å²) >= 11 is 1.20. The summed E-state index contributed by atoms with van der Waals surface area (Å²) in [5.41, 5.74) is 1.10. The van der Waals surface area contributed by atoms with Gasteiger partial charge in [0, 0.05) is 19.8 Å². The quantitative estimate of drug-likeness (QED) is 0.684. The van der Waals surface area contributed by atoms with E-state index in [1.807, 2.05) is 0 Å². The van der Waals surface area contributed by atoms with Crippen LogP contribution in [0.4, 0.5) is 0 Å². The number of thiazole rings is 1. The molecule has 0 radical (unpaired) electrons. The van der Waals surface area contributed by atoms with Crippen molar-refractivity contribution in [2.75, 3.05) is 0 Å². The standard InChI is InChI=1S/C15H15N5O3S2/c1-3-8-20-11-5-4-10(25(16,22)23)9-13(11)24-15(20)18-14(21)12-6-7-17-19(12)2/h3-7,9H,1,8H2,2H3,(H2,16,22,23). The molecule has 130 valence electrons. The molecule has 0 spiro atoms. The highest BCUT2D eigenvalue weighted by Crippen LogP contribution is 2.21. The number of aromatic nitrogens is 3. The fourth-order valence-corrected chi connectivity index (χ4v) is 4.04. The minimum absolute atomic E-state index is 0.0107. The number of rotatable bonds is 4. The minimum Gasteiger partial charge on any atom is -0.312 e. The van der Waals surface area contributed by atoms with Crippen LogP contribution >= 0.6 is 11.3 Å². The van der Waals surface area contributed by atoms with E-state index in [9.17, 15) is 13.2 Å². The first-order valence-corrected chi connectivity index (χ1v) is 9.51. The van der Waals surface area contributed by atoms with Crippen LogP contribution in [0.5, 0.6) is 0 Å². The number of sulfonamides is 1. The van der Waals surface area contributed by atoms with Gasteiger partial charge in [-0.3, -0.25) is 9.48 Å². The number of nitrogens with zero attached hydrogens (tertiary/aromatic N) is 4. The van der Waals surface area contributed by atoms with Gasteiger partial charge in [0.2, 0.25) is 10.0 Å². The van der Waals surface area contributed by atoms with Gasteiger partial charge in [-0.25, -0.2) is 13.6 Å². The zero-order chi connectivity index (χ0) is 18.2. The predicted octanol–water partition coefficient (Wildman–Crippen LogP) is 1.01. The Labute approximate surface area is 147 Å². The van der Waals surface area contributed by atoms with Gasteiger partial charge >= 0.3 is 0 Å². The third-order valence-electron chi connectivity index (χ3n) is 3.53. The summed E-state index contributed by atoms with van der Waals surface area (Å²) < 4.78 is 27.0. The monoisotopic (exact) mass is 377 g/mol. The molecule has 0 fully saturated rings. The molecular formula is C15H15N5O3S2. The largest absolute Gasteiger partial charge is 0.312 e. The fraction of sp³-hybridized carbons (Fsp3) is 0.133. The van der Waals surface area contributed by atoms with Crippen molar-refractivity contribution in [1.82, 2.24) is 14.3 Å². The normalized spacial score (nSPS) is 12.6. The Kier molecular flexibility index (Phi) is 4.41. The molecule has 0 aliphatic carbocycles. The first-order valence-electron chi connectivity index (χ1n) is 7.15. The molecule has 0 atom stereocenters. The molecule has 1 aromatic carbocycles. The van der Waals surface area contributed by atoms with Gasteiger partial charge in [0.05, 0.1) is 15.1 Å². The van der Waals surface area contributed by atoms with E-state index in [-0.39, 0.29) is 4.90 Å². The van der Waals surface area contributed by atoms with E-state index in [1.54, 1.807) is 29.8 Å². The van der Waals surface area contributed by atoms with Crippen molar-refractivity contribution in [2.45, 2.75) is 11.4 Å². The zero-order valence-electron chi connectivity index (χ0n) is 13.3. The van der Waals surface area contributed by atoms with E-state index >= 15 is 0 Å². The number of nitrogens with two attached hydrogens (primary N) is 1. The van der Waals surface area contributed by atoms with Gasteiger partial charge in [0.1, 0.15) is 5.69 Å². The second-order valence-electron chi connectivity index (χ2n) is 5.22. The molecule has 0 aliphatic heterocycles. The number of carbonyl (C=O) groups excluding carboxylic acids is 1. The number of hydrogen-bond acceptors (Lipinski definition) is 5. The summed E-state index contributed by atoms with van der Waals surface area (Å²) in [6.07, 6.45) is 3.19. The number of primary sulfonamides is 1. The minimum atomic E-state index is -3.81. The maximum absolute atomic E-state index is 12.4. The van der Waals surface area contributed by atoms with E-state index in [4.69, 9.17) is 5.14 Å². The van der Waals surface area contributed by atoms with Crippen molar-refractivity contribution in [3.63, 3.8) is 0 Å². The van der Waals surface area contributed by atoms with E-state index in [1.165, 1.54) is 34.3 Å². The predicted molar refractivity (Wildman–Crippen MR) is 94.5 cm³/mol. The number of allylic oxidation sites excluding steroid dienone is 1. The Bertz CT molecular complexity index is 1150. The lowest BCUT2D eigenvalue weighted by atomic mass is 10.3. The third kappa shape index (κ3) is 3.31. The SMILES string of the molecule is C=CCn1c(=NC(=O)c2ccnn2C)sc2cc(S(N)(=O)=O)ccc21. The van der Waals surface area contributed by atoms with E-state index in [0.29, 0.717) is 21.7 Å². The number of benzene rings is 1. The van der Waals surface area contributed by atoms with Crippen LogP contribution in [-0.2, 0) is 23.6 Å². The van der Waals surface area contributed by atoms with Crippen molar-refractivity contribution in [3.8, 4) is 0 Å². The summed E-state index contributed by atoms with van der Waals surface area (Å²) in [5.74, 6) is -0.434. The van der Waals surface area contributed by atoms with Crippen LogP contribution in [0, 0.1) is 0 Å². The van der Waals surface area contributed by atoms with Crippen LogP contribution in [0.2, 0.25) is 0 Å². The van der Waals surface area contributed by atoms with Gasteiger partial charge in [0.25, 0.3) is 5.91 Å². The maximum Gasteiger partial charge on any atom is 0.297 e. The lowest BCUT2D eigenvalue weighted by Gasteiger charge is -2.02. The average Bonchev–Trinajstić information content (AvgIpc) is 3.10. The summed E-state index contributed by atoms with van der Waals surface area (Å²) in [6.45, 7) is 4.13. The first kappa shape index (κ1) is 17.3. The van der Waals surface area contributed by atoms with E-state index in [0.717, 1.165) is 5.52 Å². The Morgan fingerprint density at radius 3 is 2.80 bits per heavy atom.